The van der Waals surface area contributed by atoms with Gasteiger partial charge in [-0.25, -0.2) is 9.78 Å². The number of carbonyl (C=O) groups excluding carboxylic acids is 1. The Balaban J connectivity index is 1.40. The van der Waals surface area contributed by atoms with E-state index in [-0.39, 0.29) is 12.1 Å². The highest BCUT2D eigenvalue weighted by Crippen LogP contribution is 2.22. The molecule has 0 aliphatic heterocycles. The minimum Gasteiger partial charge on any atom is -0.474 e. The minimum absolute atomic E-state index is 0.175. The van der Waals surface area contributed by atoms with Crippen molar-refractivity contribution in [2.75, 3.05) is 13.7 Å². The zero-order valence-electron chi connectivity index (χ0n) is 15.7. The average Bonchev–Trinajstić information content (AvgIpc) is 3.22. The van der Waals surface area contributed by atoms with Crippen molar-refractivity contribution in [2.45, 2.75) is 44.4 Å². The average molecular weight is 369 g/mol. The zero-order chi connectivity index (χ0) is 18.9. The van der Waals surface area contributed by atoms with E-state index in [0.29, 0.717) is 25.1 Å². The molecular formula is C21H27N3O3. The van der Waals surface area contributed by atoms with Gasteiger partial charge in [0.05, 0.1) is 6.10 Å². The lowest BCUT2D eigenvalue weighted by molar-refractivity contribution is 0.104. The number of pyridine rings is 1. The summed E-state index contributed by atoms with van der Waals surface area (Å²) in [5, 5.41) is 5.68. The lowest BCUT2D eigenvalue weighted by Crippen LogP contribution is -2.37. The SMILES string of the molecule is COC(CNC(=O)NCc1ccc(OC2CCCC2)nc1)c1ccccc1. The topological polar surface area (TPSA) is 72.5 Å². The molecule has 2 aromatic rings. The van der Waals surface area contributed by atoms with Gasteiger partial charge in [0.1, 0.15) is 6.10 Å². The van der Waals surface area contributed by atoms with Crippen molar-refractivity contribution in [2.24, 2.45) is 0 Å². The number of nitrogens with zero attached hydrogens (tertiary/aromatic N) is 1. The van der Waals surface area contributed by atoms with Crippen LogP contribution >= 0.6 is 0 Å². The first-order chi connectivity index (χ1) is 13.2. The molecule has 1 aliphatic rings. The van der Waals surface area contributed by atoms with Crippen LogP contribution < -0.4 is 15.4 Å². The van der Waals surface area contributed by atoms with Gasteiger partial charge >= 0.3 is 6.03 Å². The summed E-state index contributed by atoms with van der Waals surface area (Å²) >= 11 is 0. The number of ether oxygens (including phenoxy) is 2. The Morgan fingerprint density at radius 1 is 1.15 bits per heavy atom. The maximum absolute atomic E-state index is 12.0. The van der Waals surface area contributed by atoms with E-state index in [0.717, 1.165) is 24.0 Å². The molecule has 1 saturated carbocycles. The van der Waals surface area contributed by atoms with Gasteiger partial charge in [0.2, 0.25) is 5.88 Å². The molecular weight excluding hydrogens is 342 g/mol. The van der Waals surface area contributed by atoms with Crippen molar-refractivity contribution in [3.8, 4) is 5.88 Å². The summed E-state index contributed by atoms with van der Waals surface area (Å²) < 4.78 is 11.3. The monoisotopic (exact) mass is 369 g/mol. The molecule has 2 N–H and O–H groups in total. The molecule has 1 aliphatic carbocycles. The van der Waals surface area contributed by atoms with Crippen molar-refractivity contribution in [3.05, 3.63) is 59.8 Å². The number of nitrogens with one attached hydrogen (secondary N) is 2. The number of hydrogen-bond donors (Lipinski definition) is 2. The molecule has 1 atom stereocenters. The number of hydrogen-bond acceptors (Lipinski definition) is 4. The van der Waals surface area contributed by atoms with Gasteiger partial charge in [-0.05, 0) is 36.8 Å². The maximum atomic E-state index is 12.0. The van der Waals surface area contributed by atoms with Crippen LogP contribution in [0.15, 0.2) is 48.7 Å². The van der Waals surface area contributed by atoms with Gasteiger partial charge in [0.25, 0.3) is 0 Å². The summed E-state index contributed by atoms with van der Waals surface area (Å²) in [5.41, 5.74) is 1.96. The third kappa shape index (κ3) is 5.96. The largest absolute Gasteiger partial charge is 0.474 e. The van der Waals surface area contributed by atoms with E-state index >= 15 is 0 Å². The van der Waals surface area contributed by atoms with E-state index < -0.39 is 0 Å². The molecule has 1 aromatic carbocycles. The Hall–Kier alpha value is -2.60. The van der Waals surface area contributed by atoms with Gasteiger partial charge in [-0.1, -0.05) is 36.4 Å². The molecule has 1 heterocycles. The summed E-state index contributed by atoms with van der Waals surface area (Å²) in [5.74, 6) is 0.654. The number of benzene rings is 1. The van der Waals surface area contributed by atoms with E-state index in [4.69, 9.17) is 9.47 Å². The summed E-state index contributed by atoms with van der Waals surface area (Å²) in [6.07, 6.45) is 6.54. The first kappa shape index (κ1) is 19.2. The molecule has 2 amide bonds. The summed E-state index contributed by atoms with van der Waals surface area (Å²) in [7, 11) is 1.64. The minimum atomic E-state index is -0.237. The number of carbonyl (C=O) groups is 1. The van der Waals surface area contributed by atoms with Gasteiger partial charge in [0, 0.05) is 32.5 Å². The molecule has 0 spiro atoms. The summed E-state index contributed by atoms with van der Waals surface area (Å²) in [6, 6.07) is 13.4. The molecule has 1 aromatic heterocycles. The molecule has 1 fully saturated rings. The van der Waals surface area contributed by atoms with Gasteiger partial charge in [0.15, 0.2) is 0 Å². The molecule has 144 valence electrons. The van der Waals surface area contributed by atoms with Crippen LogP contribution in [-0.2, 0) is 11.3 Å². The van der Waals surface area contributed by atoms with Crippen LogP contribution in [-0.4, -0.2) is 30.8 Å². The van der Waals surface area contributed by atoms with Crippen molar-refractivity contribution in [3.63, 3.8) is 0 Å². The third-order valence-electron chi connectivity index (χ3n) is 4.74. The summed E-state index contributed by atoms with van der Waals surface area (Å²) in [6.45, 7) is 0.810. The fourth-order valence-corrected chi connectivity index (χ4v) is 3.20. The lowest BCUT2D eigenvalue weighted by Gasteiger charge is -2.17. The van der Waals surface area contributed by atoms with E-state index in [1.165, 1.54) is 12.8 Å². The van der Waals surface area contributed by atoms with Gasteiger partial charge < -0.3 is 20.1 Å². The standard InChI is InChI=1S/C21H27N3O3/c1-26-19(17-7-3-2-4-8-17)15-24-21(25)23-14-16-11-12-20(22-13-16)27-18-9-5-6-10-18/h2-4,7-8,11-13,18-19H,5-6,9-10,14-15H2,1H3,(H2,23,24,25). The highest BCUT2D eigenvalue weighted by molar-refractivity contribution is 5.73. The predicted molar refractivity (Wildman–Crippen MR) is 104 cm³/mol. The Morgan fingerprint density at radius 2 is 1.93 bits per heavy atom. The number of methoxy groups -OCH3 is 1. The molecule has 3 rings (SSSR count). The van der Waals surface area contributed by atoms with Crippen LogP contribution in [0.4, 0.5) is 4.79 Å². The van der Waals surface area contributed by atoms with E-state index in [9.17, 15) is 4.79 Å². The number of rotatable bonds is 8. The number of urea groups is 1. The highest BCUT2D eigenvalue weighted by Gasteiger charge is 2.17. The lowest BCUT2D eigenvalue weighted by atomic mass is 10.1. The predicted octanol–water partition coefficient (Wildman–Crippen LogP) is 3.59. The molecule has 0 radical (unpaired) electrons. The van der Waals surface area contributed by atoms with E-state index in [1.807, 2.05) is 42.5 Å². The van der Waals surface area contributed by atoms with Crippen LogP contribution in [0.1, 0.15) is 42.9 Å². The molecule has 6 nitrogen and oxygen atoms in total. The van der Waals surface area contributed by atoms with Crippen LogP contribution in [0.25, 0.3) is 0 Å². The molecule has 1 unspecified atom stereocenters. The van der Waals surface area contributed by atoms with Crippen LogP contribution in [0, 0.1) is 0 Å². The maximum Gasteiger partial charge on any atom is 0.315 e. The van der Waals surface area contributed by atoms with Crippen molar-refractivity contribution < 1.29 is 14.3 Å². The molecule has 0 bridgehead atoms. The normalized spacial score (nSPS) is 15.3. The number of amides is 2. The third-order valence-corrected chi connectivity index (χ3v) is 4.74. The van der Waals surface area contributed by atoms with Crippen molar-refractivity contribution in [1.29, 1.82) is 0 Å². The fourth-order valence-electron chi connectivity index (χ4n) is 3.20. The Bertz CT molecular complexity index is 700. The van der Waals surface area contributed by atoms with E-state index in [1.54, 1.807) is 13.3 Å². The Kier molecular flexibility index (Phi) is 7.04. The Labute approximate surface area is 160 Å². The van der Waals surface area contributed by atoms with Gasteiger partial charge in [-0.15, -0.1) is 0 Å². The molecule has 0 saturated heterocycles. The number of aromatic nitrogens is 1. The second kappa shape index (κ2) is 9.92. The van der Waals surface area contributed by atoms with Crippen LogP contribution in [0.5, 0.6) is 5.88 Å². The molecule has 6 heteroatoms. The second-order valence-corrected chi connectivity index (χ2v) is 6.73. The van der Waals surface area contributed by atoms with Crippen molar-refractivity contribution in [1.82, 2.24) is 15.6 Å². The molecule has 27 heavy (non-hydrogen) atoms. The zero-order valence-corrected chi connectivity index (χ0v) is 15.7. The fraction of sp³-hybridized carbons (Fsp3) is 0.429. The Morgan fingerprint density at radius 3 is 2.59 bits per heavy atom. The first-order valence-electron chi connectivity index (χ1n) is 9.45. The quantitative estimate of drug-likeness (QED) is 0.746. The van der Waals surface area contributed by atoms with Gasteiger partial charge in [-0.2, -0.15) is 0 Å². The first-order valence-corrected chi connectivity index (χ1v) is 9.45. The summed E-state index contributed by atoms with van der Waals surface area (Å²) in [4.78, 5) is 16.4. The van der Waals surface area contributed by atoms with Gasteiger partial charge in [-0.3, -0.25) is 0 Å². The highest BCUT2D eigenvalue weighted by atomic mass is 16.5. The smallest absolute Gasteiger partial charge is 0.315 e. The van der Waals surface area contributed by atoms with Crippen LogP contribution in [0.2, 0.25) is 0 Å². The second-order valence-electron chi connectivity index (χ2n) is 6.73. The van der Waals surface area contributed by atoms with E-state index in [2.05, 4.69) is 15.6 Å². The van der Waals surface area contributed by atoms with Crippen LogP contribution in [0.3, 0.4) is 0 Å². The van der Waals surface area contributed by atoms with Crippen molar-refractivity contribution >= 4 is 6.03 Å².